The molecule has 3 aromatic rings. The number of rotatable bonds is 7. The standard InChI is InChI=1S/C24H28N2O4/c1-5-29-21(27)15-17-11-12-19-20(14-17)26-22(25-19)18(23(28)30-24(2,3)4)13-16-9-7-6-8-10-16/h6-12,14,18H,5,13,15H2,1-4H3,(H,25,26). The lowest BCUT2D eigenvalue weighted by molar-refractivity contribution is -0.157. The van der Waals surface area contributed by atoms with Gasteiger partial charge in [0.25, 0.3) is 0 Å². The average Bonchev–Trinajstić information content (AvgIpc) is 3.08. The highest BCUT2D eigenvalue weighted by atomic mass is 16.6. The summed E-state index contributed by atoms with van der Waals surface area (Å²) >= 11 is 0. The second-order valence-electron chi connectivity index (χ2n) is 8.23. The van der Waals surface area contributed by atoms with Crippen LogP contribution in [0.15, 0.2) is 48.5 Å². The number of hydrogen-bond donors (Lipinski definition) is 1. The van der Waals surface area contributed by atoms with Crippen molar-refractivity contribution >= 4 is 23.0 Å². The largest absolute Gasteiger partial charge is 0.466 e. The summed E-state index contributed by atoms with van der Waals surface area (Å²) in [4.78, 5) is 32.7. The van der Waals surface area contributed by atoms with Crippen molar-refractivity contribution in [3.8, 4) is 0 Å². The van der Waals surface area contributed by atoms with Crippen molar-refractivity contribution in [1.82, 2.24) is 9.97 Å². The molecule has 6 heteroatoms. The molecular weight excluding hydrogens is 380 g/mol. The second kappa shape index (κ2) is 9.11. The van der Waals surface area contributed by atoms with Crippen LogP contribution in [0, 0.1) is 0 Å². The summed E-state index contributed by atoms with van der Waals surface area (Å²) in [5.74, 6) is -0.603. The number of nitrogens with zero attached hydrogens (tertiary/aromatic N) is 1. The third-order valence-electron chi connectivity index (χ3n) is 4.52. The van der Waals surface area contributed by atoms with Gasteiger partial charge in [0, 0.05) is 0 Å². The topological polar surface area (TPSA) is 81.3 Å². The molecule has 6 nitrogen and oxygen atoms in total. The van der Waals surface area contributed by atoms with Gasteiger partial charge in [0.2, 0.25) is 0 Å². The molecule has 1 heterocycles. The summed E-state index contributed by atoms with van der Waals surface area (Å²) in [6.07, 6.45) is 0.670. The van der Waals surface area contributed by atoms with Crippen LogP contribution in [0.4, 0.5) is 0 Å². The lowest BCUT2D eigenvalue weighted by Crippen LogP contribution is -2.29. The van der Waals surface area contributed by atoms with E-state index < -0.39 is 11.5 Å². The summed E-state index contributed by atoms with van der Waals surface area (Å²) in [6, 6.07) is 15.4. The summed E-state index contributed by atoms with van der Waals surface area (Å²) in [7, 11) is 0. The predicted molar refractivity (Wildman–Crippen MR) is 115 cm³/mol. The Balaban J connectivity index is 1.91. The molecule has 0 aliphatic rings. The molecule has 0 bridgehead atoms. The Kier molecular flexibility index (Phi) is 6.55. The molecule has 0 amide bonds. The van der Waals surface area contributed by atoms with Crippen LogP contribution < -0.4 is 0 Å². The van der Waals surface area contributed by atoms with Gasteiger partial charge in [-0.15, -0.1) is 0 Å². The monoisotopic (exact) mass is 408 g/mol. The molecule has 1 N–H and O–H groups in total. The number of aromatic amines is 1. The van der Waals surface area contributed by atoms with Crippen molar-refractivity contribution in [2.24, 2.45) is 0 Å². The molecule has 0 saturated heterocycles. The number of imidazole rings is 1. The first-order valence-electron chi connectivity index (χ1n) is 10.2. The lowest BCUT2D eigenvalue weighted by atomic mass is 9.98. The number of nitrogens with one attached hydrogen (secondary N) is 1. The molecule has 1 unspecified atom stereocenters. The number of benzene rings is 2. The third-order valence-corrected chi connectivity index (χ3v) is 4.52. The van der Waals surface area contributed by atoms with Crippen LogP contribution in [0.3, 0.4) is 0 Å². The van der Waals surface area contributed by atoms with E-state index in [-0.39, 0.29) is 18.4 Å². The van der Waals surface area contributed by atoms with Gasteiger partial charge in [0.1, 0.15) is 17.3 Å². The van der Waals surface area contributed by atoms with Crippen LogP contribution >= 0.6 is 0 Å². The van der Waals surface area contributed by atoms with Crippen LogP contribution in [-0.2, 0) is 31.9 Å². The van der Waals surface area contributed by atoms with Crippen molar-refractivity contribution in [3.63, 3.8) is 0 Å². The maximum Gasteiger partial charge on any atom is 0.317 e. The Labute approximate surface area is 176 Å². The minimum absolute atomic E-state index is 0.192. The van der Waals surface area contributed by atoms with E-state index in [1.807, 2.05) is 69.3 Å². The molecule has 0 radical (unpaired) electrons. The van der Waals surface area contributed by atoms with Gasteiger partial charge >= 0.3 is 11.9 Å². The van der Waals surface area contributed by atoms with E-state index in [1.54, 1.807) is 6.92 Å². The van der Waals surface area contributed by atoms with Crippen molar-refractivity contribution in [2.45, 2.75) is 52.1 Å². The van der Waals surface area contributed by atoms with Gasteiger partial charge < -0.3 is 14.5 Å². The maximum atomic E-state index is 13.0. The van der Waals surface area contributed by atoms with Crippen molar-refractivity contribution in [3.05, 3.63) is 65.5 Å². The van der Waals surface area contributed by atoms with Gasteiger partial charge in [0.05, 0.1) is 24.1 Å². The first-order valence-corrected chi connectivity index (χ1v) is 10.2. The SMILES string of the molecule is CCOC(=O)Cc1ccc2nc(C(Cc3ccccc3)C(=O)OC(C)(C)C)[nH]c2c1. The fraction of sp³-hybridized carbons (Fsp3) is 0.375. The third kappa shape index (κ3) is 5.69. The maximum absolute atomic E-state index is 13.0. The van der Waals surface area contributed by atoms with Gasteiger partial charge in [-0.2, -0.15) is 0 Å². The van der Waals surface area contributed by atoms with E-state index in [1.165, 1.54) is 0 Å². The predicted octanol–water partition coefficient (Wildman–Crippen LogP) is 4.34. The fourth-order valence-corrected chi connectivity index (χ4v) is 3.24. The Morgan fingerprint density at radius 3 is 2.47 bits per heavy atom. The van der Waals surface area contributed by atoms with Crippen LogP contribution in [0.2, 0.25) is 0 Å². The molecule has 158 valence electrons. The van der Waals surface area contributed by atoms with Gasteiger partial charge in [-0.25, -0.2) is 4.98 Å². The number of ether oxygens (including phenoxy) is 2. The van der Waals surface area contributed by atoms with Gasteiger partial charge in [-0.1, -0.05) is 36.4 Å². The van der Waals surface area contributed by atoms with Crippen molar-refractivity contribution in [2.75, 3.05) is 6.61 Å². The number of H-pyrrole nitrogens is 1. The molecule has 0 aliphatic carbocycles. The molecule has 0 fully saturated rings. The molecule has 30 heavy (non-hydrogen) atoms. The van der Waals surface area contributed by atoms with Crippen LogP contribution in [0.1, 0.15) is 50.6 Å². The Morgan fingerprint density at radius 1 is 1.07 bits per heavy atom. The number of carbonyl (C=O) groups excluding carboxylic acids is 2. The van der Waals surface area contributed by atoms with Crippen LogP contribution in [-0.4, -0.2) is 34.1 Å². The number of carbonyl (C=O) groups is 2. The van der Waals surface area contributed by atoms with Crippen molar-refractivity contribution < 1.29 is 19.1 Å². The smallest absolute Gasteiger partial charge is 0.317 e. The highest BCUT2D eigenvalue weighted by Gasteiger charge is 2.29. The molecule has 0 spiro atoms. The Bertz CT molecular complexity index is 1020. The summed E-state index contributed by atoms with van der Waals surface area (Å²) in [5.41, 5.74) is 2.77. The fourth-order valence-electron chi connectivity index (χ4n) is 3.24. The summed E-state index contributed by atoms with van der Waals surface area (Å²) < 4.78 is 10.7. The number of esters is 2. The molecular formula is C24H28N2O4. The van der Waals surface area contributed by atoms with E-state index in [2.05, 4.69) is 9.97 Å². The number of fused-ring (bicyclic) bond motifs is 1. The van der Waals surface area contributed by atoms with E-state index >= 15 is 0 Å². The first-order chi connectivity index (χ1) is 14.2. The molecule has 1 atom stereocenters. The Morgan fingerprint density at radius 2 is 1.80 bits per heavy atom. The zero-order valence-corrected chi connectivity index (χ0v) is 17.9. The van der Waals surface area contributed by atoms with E-state index in [9.17, 15) is 9.59 Å². The van der Waals surface area contributed by atoms with E-state index in [4.69, 9.17) is 9.47 Å². The molecule has 0 aliphatic heterocycles. The quantitative estimate of drug-likeness (QED) is 0.588. The normalized spacial score (nSPS) is 12.5. The van der Waals surface area contributed by atoms with E-state index in [0.717, 1.165) is 22.2 Å². The van der Waals surface area contributed by atoms with E-state index in [0.29, 0.717) is 18.9 Å². The highest BCUT2D eigenvalue weighted by Crippen LogP contribution is 2.26. The molecule has 2 aromatic carbocycles. The zero-order valence-electron chi connectivity index (χ0n) is 17.9. The Hall–Kier alpha value is -3.15. The minimum Gasteiger partial charge on any atom is -0.466 e. The first kappa shape index (κ1) is 21.6. The summed E-state index contributed by atoms with van der Waals surface area (Å²) in [5, 5.41) is 0. The highest BCUT2D eigenvalue weighted by molar-refractivity contribution is 5.82. The molecule has 0 saturated carbocycles. The number of aromatic nitrogens is 2. The van der Waals surface area contributed by atoms with Gasteiger partial charge in [0.15, 0.2) is 0 Å². The molecule has 1 aromatic heterocycles. The second-order valence-corrected chi connectivity index (χ2v) is 8.23. The number of hydrogen-bond acceptors (Lipinski definition) is 5. The lowest BCUT2D eigenvalue weighted by Gasteiger charge is -2.23. The average molecular weight is 408 g/mol. The zero-order chi connectivity index (χ0) is 21.7. The van der Waals surface area contributed by atoms with Gasteiger partial charge in [-0.05, 0) is 57.4 Å². The summed E-state index contributed by atoms with van der Waals surface area (Å²) in [6.45, 7) is 7.69. The van der Waals surface area contributed by atoms with Crippen molar-refractivity contribution in [1.29, 1.82) is 0 Å². The minimum atomic E-state index is -0.592. The van der Waals surface area contributed by atoms with Crippen LogP contribution in [0.5, 0.6) is 0 Å². The molecule has 3 rings (SSSR count). The van der Waals surface area contributed by atoms with Crippen LogP contribution in [0.25, 0.3) is 11.0 Å². The van der Waals surface area contributed by atoms with Gasteiger partial charge in [-0.3, -0.25) is 9.59 Å².